The van der Waals surface area contributed by atoms with Crippen LogP contribution >= 0.6 is 0 Å². The van der Waals surface area contributed by atoms with E-state index in [0.717, 1.165) is 59.9 Å². The quantitative estimate of drug-likeness (QED) is 0.259. The number of fused-ring (bicyclic) bond motifs is 1. The zero-order valence-electron chi connectivity index (χ0n) is 21.8. The highest BCUT2D eigenvalue weighted by Crippen LogP contribution is 2.34. The van der Waals surface area contributed by atoms with E-state index < -0.39 is 0 Å². The molecule has 1 aromatic heterocycles. The molecule has 0 bridgehead atoms. The number of aryl methyl sites for hydroxylation is 2. The number of amides is 1. The number of hydrogen-bond donors (Lipinski definition) is 0. The molecule has 6 rings (SSSR count). The Hall–Kier alpha value is -4.06. The third-order valence-corrected chi connectivity index (χ3v) is 7.39. The second-order valence-electron chi connectivity index (χ2n) is 10.3. The molecule has 2 heterocycles. The molecule has 0 spiro atoms. The molecule has 1 aliphatic heterocycles. The molecule has 0 radical (unpaired) electrons. The Kier molecular flexibility index (Phi) is 6.86. The Bertz CT molecular complexity index is 1400. The first kappa shape index (κ1) is 24.3. The molecule has 1 saturated carbocycles. The van der Waals surface area contributed by atoms with E-state index in [0.29, 0.717) is 30.4 Å². The van der Waals surface area contributed by atoms with E-state index in [9.17, 15) is 4.79 Å². The Labute approximate surface area is 223 Å². The number of imidazole rings is 1. The highest BCUT2D eigenvalue weighted by molar-refractivity contribution is 5.94. The first-order valence-electron chi connectivity index (χ1n) is 13.5. The van der Waals surface area contributed by atoms with Gasteiger partial charge >= 0.3 is 0 Å². The van der Waals surface area contributed by atoms with Gasteiger partial charge in [0.05, 0.1) is 12.8 Å². The van der Waals surface area contributed by atoms with Crippen LogP contribution in [0.4, 0.5) is 0 Å². The first-order valence-corrected chi connectivity index (χ1v) is 13.5. The number of nitrogens with zero attached hydrogens (tertiary/aromatic N) is 3. The number of carbonyl (C=O) groups excluding carboxylic acids is 1. The van der Waals surface area contributed by atoms with Crippen LogP contribution in [0.25, 0.3) is 11.3 Å². The van der Waals surface area contributed by atoms with Crippen molar-refractivity contribution >= 4 is 5.91 Å². The van der Waals surface area contributed by atoms with Gasteiger partial charge in [-0.25, -0.2) is 4.98 Å². The molecule has 6 nitrogen and oxygen atoms in total. The van der Waals surface area contributed by atoms with Gasteiger partial charge in [-0.1, -0.05) is 36.4 Å². The van der Waals surface area contributed by atoms with Crippen molar-refractivity contribution in [3.63, 3.8) is 0 Å². The van der Waals surface area contributed by atoms with Gasteiger partial charge < -0.3 is 18.9 Å². The lowest BCUT2D eigenvalue weighted by Gasteiger charge is -2.25. The van der Waals surface area contributed by atoms with E-state index >= 15 is 0 Å². The van der Waals surface area contributed by atoms with Gasteiger partial charge in [0.2, 0.25) is 0 Å². The fraction of sp³-hybridized carbons (Fsp3) is 0.312. The van der Waals surface area contributed by atoms with Gasteiger partial charge in [-0.3, -0.25) is 4.79 Å². The number of aromatic nitrogens is 2. The Morgan fingerprint density at radius 3 is 2.71 bits per heavy atom. The second kappa shape index (κ2) is 10.7. The molecule has 1 fully saturated rings. The lowest BCUT2D eigenvalue weighted by molar-refractivity contribution is 0.0733. The second-order valence-corrected chi connectivity index (χ2v) is 10.3. The predicted molar refractivity (Wildman–Crippen MR) is 147 cm³/mol. The van der Waals surface area contributed by atoms with Crippen LogP contribution in [0.5, 0.6) is 11.5 Å². The SMILES string of the molecule is COc1cccc(C(=O)N(Cc2cc(-c3cn4c(n3)CCC4)ccc2OCc2ccccc2)CC2CC2)c1. The summed E-state index contributed by atoms with van der Waals surface area (Å²) in [5.74, 6) is 3.19. The van der Waals surface area contributed by atoms with Gasteiger partial charge in [0.1, 0.15) is 23.9 Å². The van der Waals surface area contributed by atoms with E-state index in [1.807, 2.05) is 53.4 Å². The summed E-state index contributed by atoms with van der Waals surface area (Å²) in [5.41, 5.74) is 4.76. The number of hydrogen-bond acceptors (Lipinski definition) is 4. The largest absolute Gasteiger partial charge is 0.497 e. The number of benzene rings is 3. The summed E-state index contributed by atoms with van der Waals surface area (Å²) in [6, 6.07) is 23.8. The Morgan fingerprint density at radius 2 is 1.92 bits per heavy atom. The fourth-order valence-electron chi connectivity index (χ4n) is 5.11. The van der Waals surface area contributed by atoms with Gasteiger partial charge in [-0.05, 0) is 67.1 Å². The number of ether oxygens (including phenoxy) is 2. The van der Waals surface area contributed by atoms with Crippen molar-refractivity contribution in [2.24, 2.45) is 5.92 Å². The maximum Gasteiger partial charge on any atom is 0.254 e. The molecule has 1 aliphatic carbocycles. The molecule has 1 amide bonds. The molecule has 38 heavy (non-hydrogen) atoms. The molecule has 0 unspecified atom stereocenters. The Morgan fingerprint density at radius 1 is 1.05 bits per heavy atom. The zero-order chi connectivity index (χ0) is 25.9. The maximum absolute atomic E-state index is 13.7. The van der Waals surface area contributed by atoms with Gasteiger partial charge in [-0.2, -0.15) is 0 Å². The molecule has 0 saturated heterocycles. The molecule has 6 heteroatoms. The van der Waals surface area contributed by atoms with Crippen molar-refractivity contribution in [3.05, 3.63) is 102 Å². The van der Waals surface area contributed by atoms with Crippen molar-refractivity contribution in [3.8, 4) is 22.8 Å². The minimum absolute atomic E-state index is 0.0104. The highest BCUT2D eigenvalue weighted by atomic mass is 16.5. The molecular weight excluding hydrogens is 474 g/mol. The molecule has 0 N–H and O–H groups in total. The smallest absolute Gasteiger partial charge is 0.254 e. The van der Waals surface area contributed by atoms with Crippen molar-refractivity contribution in [2.75, 3.05) is 13.7 Å². The Balaban J connectivity index is 1.32. The van der Waals surface area contributed by atoms with Crippen LogP contribution in [0.1, 0.15) is 46.6 Å². The number of carbonyl (C=O) groups is 1. The topological polar surface area (TPSA) is 56.6 Å². The minimum atomic E-state index is 0.0104. The average molecular weight is 508 g/mol. The summed E-state index contributed by atoms with van der Waals surface area (Å²) in [6.07, 6.45) is 6.66. The molecule has 4 aromatic rings. The van der Waals surface area contributed by atoms with Gasteiger partial charge in [-0.15, -0.1) is 0 Å². The van der Waals surface area contributed by atoms with Crippen LogP contribution in [0.3, 0.4) is 0 Å². The predicted octanol–water partition coefficient (Wildman–Crippen LogP) is 6.14. The van der Waals surface area contributed by atoms with E-state index in [4.69, 9.17) is 14.5 Å². The first-order chi connectivity index (χ1) is 18.7. The molecule has 3 aromatic carbocycles. The maximum atomic E-state index is 13.7. The summed E-state index contributed by atoms with van der Waals surface area (Å²) in [5, 5.41) is 0. The minimum Gasteiger partial charge on any atom is -0.497 e. The highest BCUT2D eigenvalue weighted by Gasteiger charge is 2.28. The van der Waals surface area contributed by atoms with Crippen LogP contribution in [-0.2, 0) is 26.1 Å². The van der Waals surface area contributed by atoms with E-state index in [2.05, 4.69) is 35.0 Å². The van der Waals surface area contributed by atoms with Crippen LogP contribution < -0.4 is 9.47 Å². The van der Waals surface area contributed by atoms with Crippen LogP contribution in [0, 0.1) is 5.92 Å². The third kappa shape index (κ3) is 5.44. The summed E-state index contributed by atoms with van der Waals surface area (Å²) >= 11 is 0. The summed E-state index contributed by atoms with van der Waals surface area (Å²) < 4.78 is 14.0. The normalized spacial score (nSPS) is 14.2. The van der Waals surface area contributed by atoms with Crippen LogP contribution in [0.2, 0.25) is 0 Å². The fourth-order valence-corrected chi connectivity index (χ4v) is 5.11. The molecule has 0 atom stereocenters. The van der Waals surface area contributed by atoms with Gasteiger partial charge in [0.15, 0.2) is 0 Å². The van der Waals surface area contributed by atoms with Gasteiger partial charge in [0, 0.05) is 48.9 Å². The number of methoxy groups -OCH3 is 1. The standard InChI is InChI=1S/C32H33N3O3/c1-37-28-10-5-9-26(18-28)32(36)35(19-23-12-13-23)20-27-17-25(29-21-34-16-6-11-31(34)33-29)14-15-30(27)38-22-24-7-3-2-4-8-24/h2-5,7-10,14-15,17-18,21,23H,6,11-13,16,19-20,22H2,1H3. The van der Waals surface area contributed by atoms with Crippen molar-refractivity contribution in [2.45, 2.75) is 45.4 Å². The van der Waals surface area contributed by atoms with Gasteiger partial charge in [0.25, 0.3) is 5.91 Å². The monoisotopic (exact) mass is 507 g/mol. The molecule has 194 valence electrons. The summed E-state index contributed by atoms with van der Waals surface area (Å²) in [7, 11) is 1.62. The summed E-state index contributed by atoms with van der Waals surface area (Å²) in [6.45, 7) is 2.70. The third-order valence-electron chi connectivity index (χ3n) is 7.39. The van der Waals surface area contributed by atoms with E-state index in [-0.39, 0.29) is 5.91 Å². The molecular formula is C32H33N3O3. The van der Waals surface area contributed by atoms with Crippen LogP contribution in [0.15, 0.2) is 79.0 Å². The van der Waals surface area contributed by atoms with E-state index in [1.54, 1.807) is 7.11 Å². The number of rotatable bonds is 10. The van der Waals surface area contributed by atoms with Crippen molar-refractivity contribution in [1.82, 2.24) is 14.5 Å². The van der Waals surface area contributed by atoms with Crippen molar-refractivity contribution < 1.29 is 14.3 Å². The molecule has 2 aliphatic rings. The summed E-state index contributed by atoms with van der Waals surface area (Å²) in [4.78, 5) is 20.6. The average Bonchev–Trinajstić information content (AvgIpc) is 3.51. The lowest BCUT2D eigenvalue weighted by atomic mass is 10.1. The lowest BCUT2D eigenvalue weighted by Crippen LogP contribution is -2.32. The van der Waals surface area contributed by atoms with Crippen LogP contribution in [-0.4, -0.2) is 34.0 Å². The zero-order valence-corrected chi connectivity index (χ0v) is 21.8. The van der Waals surface area contributed by atoms with E-state index in [1.165, 1.54) is 12.8 Å². The van der Waals surface area contributed by atoms with Crippen molar-refractivity contribution in [1.29, 1.82) is 0 Å².